The molecule has 20 heavy (non-hydrogen) atoms. The second-order valence-electron chi connectivity index (χ2n) is 5.54. The van der Waals surface area contributed by atoms with Gasteiger partial charge in [0.25, 0.3) is 0 Å². The highest BCUT2D eigenvalue weighted by Gasteiger charge is 2.27. The van der Waals surface area contributed by atoms with Gasteiger partial charge in [0.05, 0.1) is 18.8 Å². The second kappa shape index (κ2) is 5.29. The summed E-state index contributed by atoms with van der Waals surface area (Å²) in [5.41, 5.74) is 1.11. The molecule has 2 unspecified atom stereocenters. The van der Waals surface area contributed by atoms with Crippen LogP contribution in [0.25, 0.3) is 10.9 Å². The van der Waals surface area contributed by atoms with Crippen molar-refractivity contribution in [3.8, 4) is 0 Å². The molecule has 0 aliphatic carbocycles. The topological polar surface area (TPSA) is 34.5 Å². The van der Waals surface area contributed by atoms with E-state index in [1.165, 1.54) is 5.39 Å². The number of benzene rings is 1. The van der Waals surface area contributed by atoms with Gasteiger partial charge in [0, 0.05) is 18.3 Å². The van der Waals surface area contributed by atoms with Crippen molar-refractivity contribution >= 4 is 16.8 Å². The number of carbonyl (C=O) groups excluding carboxylic acids is 1. The number of para-hydroxylation sites is 1. The molecule has 1 aliphatic heterocycles. The van der Waals surface area contributed by atoms with Gasteiger partial charge in [-0.2, -0.15) is 0 Å². The Bertz CT molecular complexity index is 620. The van der Waals surface area contributed by atoms with Crippen LogP contribution in [0, 0.1) is 0 Å². The number of nitrogens with zero attached hydrogens (tertiary/aromatic N) is 2. The highest BCUT2D eigenvalue weighted by Crippen LogP contribution is 2.17. The van der Waals surface area contributed by atoms with E-state index in [1.807, 2.05) is 53.8 Å². The standard InChI is InChI=1S/C16H20N2O2/c1-12-11-20-13(2)9-18(12)16(19)10-17-8-7-14-5-3-4-6-15(14)17/h3-8,12-13H,9-11H2,1-2H3. The van der Waals surface area contributed by atoms with Crippen molar-refractivity contribution in [2.24, 2.45) is 0 Å². The Labute approximate surface area is 118 Å². The Hall–Kier alpha value is -1.81. The minimum atomic E-state index is 0.122. The summed E-state index contributed by atoms with van der Waals surface area (Å²) >= 11 is 0. The number of rotatable bonds is 2. The molecular weight excluding hydrogens is 252 g/mol. The molecule has 2 heterocycles. The number of hydrogen-bond acceptors (Lipinski definition) is 2. The van der Waals surface area contributed by atoms with Crippen molar-refractivity contribution < 1.29 is 9.53 Å². The van der Waals surface area contributed by atoms with Crippen LogP contribution in [0.1, 0.15) is 13.8 Å². The average molecular weight is 272 g/mol. The predicted molar refractivity (Wildman–Crippen MR) is 78.5 cm³/mol. The van der Waals surface area contributed by atoms with Crippen LogP contribution in [-0.4, -0.2) is 40.7 Å². The summed E-state index contributed by atoms with van der Waals surface area (Å²) in [6.07, 6.45) is 2.11. The van der Waals surface area contributed by atoms with Crippen molar-refractivity contribution in [2.45, 2.75) is 32.5 Å². The fourth-order valence-corrected chi connectivity index (χ4v) is 2.77. The van der Waals surface area contributed by atoms with Gasteiger partial charge in [-0.1, -0.05) is 18.2 Å². The molecule has 0 bridgehead atoms. The Kier molecular flexibility index (Phi) is 3.49. The van der Waals surface area contributed by atoms with Gasteiger partial charge in [-0.15, -0.1) is 0 Å². The predicted octanol–water partition coefficient (Wildman–Crippen LogP) is 2.28. The maximum absolute atomic E-state index is 12.5. The molecule has 0 spiro atoms. The number of ether oxygens (including phenoxy) is 1. The van der Waals surface area contributed by atoms with Crippen molar-refractivity contribution in [3.05, 3.63) is 36.5 Å². The fourth-order valence-electron chi connectivity index (χ4n) is 2.77. The lowest BCUT2D eigenvalue weighted by molar-refractivity contribution is -0.143. The first kappa shape index (κ1) is 13.2. The number of fused-ring (bicyclic) bond motifs is 1. The molecule has 4 nitrogen and oxygen atoms in total. The normalized spacial score (nSPS) is 23.2. The summed E-state index contributed by atoms with van der Waals surface area (Å²) in [6, 6.07) is 10.3. The summed E-state index contributed by atoms with van der Waals surface area (Å²) in [7, 11) is 0. The summed E-state index contributed by atoms with van der Waals surface area (Å²) in [5, 5.41) is 1.17. The molecule has 0 saturated carbocycles. The molecule has 3 rings (SSSR count). The van der Waals surface area contributed by atoms with Gasteiger partial charge in [-0.05, 0) is 31.4 Å². The van der Waals surface area contributed by atoms with Gasteiger partial charge in [0.1, 0.15) is 6.54 Å². The van der Waals surface area contributed by atoms with Gasteiger partial charge < -0.3 is 14.2 Å². The third kappa shape index (κ3) is 2.43. The van der Waals surface area contributed by atoms with Gasteiger partial charge in [-0.25, -0.2) is 0 Å². The molecule has 1 fully saturated rings. The Balaban J connectivity index is 1.78. The van der Waals surface area contributed by atoms with Crippen LogP contribution >= 0.6 is 0 Å². The van der Waals surface area contributed by atoms with E-state index >= 15 is 0 Å². The second-order valence-corrected chi connectivity index (χ2v) is 5.54. The third-order valence-corrected chi connectivity index (χ3v) is 3.91. The highest BCUT2D eigenvalue weighted by molar-refractivity contribution is 5.83. The van der Waals surface area contributed by atoms with Crippen molar-refractivity contribution in [3.63, 3.8) is 0 Å². The lowest BCUT2D eigenvalue weighted by Crippen LogP contribution is -2.51. The minimum Gasteiger partial charge on any atom is -0.375 e. The quantitative estimate of drug-likeness (QED) is 0.840. The van der Waals surface area contributed by atoms with Gasteiger partial charge >= 0.3 is 0 Å². The van der Waals surface area contributed by atoms with E-state index in [2.05, 4.69) is 6.07 Å². The minimum absolute atomic E-state index is 0.122. The zero-order valence-corrected chi connectivity index (χ0v) is 12.0. The Morgan fingerprint density at radius 1 is 1.30 bits per heavy atom. The van der Waals surface area contributed by atoms with Crippen LogP contribution in [0.2, 0.25) is 0 Å². The third-order valence-electron chi connectivity index (χ3n) is 3.91. The van der Waals surface area contributed by atoms with E-state index < -0.39 is 0 Å². The van der Waals surface area contributed by atoms with Crippen molar-refractivity contribution in [1.82, 2.24) is 9.47 Å². The molecule has 1 amide bonds. The fraction of sp³-hybridized carbons (Fsp3) is 0.438. The molecule has 106 valence electrons. The smallest absolute Gasteiger partial charge is 0.242 e. The van der Waals surface area contributed by atoms with E-state index in [0.717, 1.165) is 5.52 Å². The largest absolute Gasteiger partial charge is 0.375 e. The molecular formula is C16H20N2O2. The van der Waals surface area contributed by atoms with Crippen molar-refractivity contribution in [1.29, 1.82) is 0 Å². The van der Waals surface area contributed by atoms with E-state index in [9.17, 15) is 4.79 Å². The van der Waals surface area contributed by atoms with Gasteiger partial charge in [-0.3, -0.25) is 4.79 Å². The molecule has 1 aromatic carbocycles. The summed E-state index contributed by atoms with van der Waals surface area (Å²) < 4.78 is 7.59. The number of carbonyl (C=O) groups is 1. The lowest BCUT2D eigenvalue weighted by atomic mass is 10.2. The number of morpholine rings is 1. The van der Waals surface area contributed by atoms with E-state index in [-0.39, 0.29) is 18.1 Å². The SMILES string of the molecule is CC1CN(C(=O)Cn2ccc3ccccc32)C(C)CO1. The number of hydrogen-bond donors (Lipinski definition) is 0. The summed E-state index contributed by atoms with van der Waals surface area (Å²) in [4.78, 5) is 14.4. The molecule has 2 aromatic rings. The highest BCUT2D eigenvalue weighted by atomic mass is 16.5. The zero-order chi connectivity index (χ0) is 14.1. The molecule has 4 heteroatoms. The Morgan fingerprint density at radius 2 is 2.10 bits per heavy atom. The van der Waals surface area contributed by atoms with E-state index in [4.69, 9.17) is 4.74 Å². The van der Waals surface area contributed by atoms with Crippen LogP contribution in [0.15, 0.2) is 36.5 Å². The Morgan fingerprint density at radius 3 is 2.95 bits per heavy atom. The first-order valence-corrected chi connectivity index (χ1v) is 7.10. The molecule has 1 aliphatic rings. The number of amides is 1. The first-order chi connectivity index (χ1) is 9.65. The monoisotopic (exact) mass is 272 g/mol. The summed E-state index contributed by atoms with van der Waals surface area (Å²) in [5.74, 6) is 0.161. The van der Waals surface area contributed by atoms with E-state index in [1.54, 1.807) is 0 Å². The van der Waals surface area contributed by atoms with Gasteiger partial charge in [0.2, 0.25) is 5.91 Å². The molecule has 0 N–H and O–H groups in total. The van der Waals surface area contributed by atoms with Crippen LogP contribution in [-0.2, 0) is 16.1 Å². The van der Waals surface area contributed by atoms with Gasteiger partial charge in [0.15, 0.2) is 0 Å². The molecule has 0 radical (unpaired) electrons. The average Bonchev–Trinajstić information content (AvgIpc) is 2.85. The maximum Gasteiger partial charge on any atom is 0.242 e. The van der Waals surface area contributed by atoms with Crippen LogP contribution in [0.3, 0.4) is 0 Å². The van der Waals surface area contributed by atoms with Crippen LogP contribution in [0.4, 0.5) is 0 Å². The molecule has 1 saturated heterocycles. The molecule has 1 aromatic heterocycles. The van der Waals surface area contributed by atoms with Crippen LogP contribution < -0.4 is 0 Å². The van der Waals surface area contributed by atoms with Crippen molar-refractivity contribution in [2.75, 3.05) is 13.2 Å². The first-order valence-electron chi connectivity index (χ1n) is 7.10. The van der Waals surface area contributed by atoms with E-state index in [0.29, 0.717) is 19.7 Å². The molecule has 2 atom stereocenters. The number of aromatic nitrogens is 1. The van der Waals surface area contributed by atoms with Crippen LogP contribution in [0.5, 0.6) is 0 Å². The maximum atomic E-state index is 12.5. The zero-order valence-electron chi connectivity index (χ0n) is 12.0. The summed E-state index contributed by atoms with van der Waals surface area (Å²) in [6.45, 7) is 5.75. The lowest BCUT2D eigenvalue weighted by Gasteiger charge is -2.37.